The van der Waals surface area contributed by atoms with Gasteiger partial charge in [0.1, 0.15) is 4.88 Å². The SMILES string of the molecule is CC1CCC(C(=O)N(c2cc(-c3ccc(NC(=O)c4cnco4)cc3)sc2C(=O)O)C(C)C)CC1. The first-order valence-electron chi connectivity index (χ1n) is 11.7. The number of anilines is 2. The summed E-state index contributed by atoms with van der Waals surface area (Å²) >= 11 is 1.14. The highest BCUT2D eigenvalue weighted by Crippen LogP contribution is 2.40. The number of nitrogens with zero attached hydrogens (tertiary/aromatic N) is 2. The van der Waals surface area contributed by atoms with E-state index < -0.39 is 11.9 Å². The highest BCUT2D eigenvalue weighted by molar-refractivity contribution is 7.18. The van der Waals surface area contributed by atoms with Crippen LogP contribution in [0.4, 0.5) is 11.4 Å². The van der Waals surface area contributed by atoms with Gasteiger partial charge in [0.25, 0.3) is 5.91 Å². The Morgan fingerprint density at radius 1 is 1.14 bits per heavy atom. The van der Waals surface area contributed by atoms with Crippen molar-refractivity contribution in [2.45, 2.75) is 52.5 Å². The molecule has 2 N–H and O–H groups in total. The van der Waals surface area contributed by atoms with E-state index in [1.165, 1.54) is 12.6 Å². The first-order valence-corrected chi connectivity index (χ1v) is 12.6. The summed E-state index contributed by atoms with van der Waals surface area (Å²) in [6.45, 7) is 6.04. The van der Waals surface area contributed by atoms with E-state index in [9.17, 15) is 19.5 Å². The number of carboxylic acids is 1. The molecule has 35 heavy (non-hydrogen) atoms. The molecule has 1 aliphatic carbocycles. The molecule has 0 bridgehead atoms. The minimum absolute atomic E-state index is 0.00391. The monoisotopic (exact) mass is 495 g/mol. The number of carboxylic acid groups (broad SMARTS) is 1. The minimum Gasteiger partial charge on any atom is -0.477 e. The van der Waals surface area contributed by atoms with Crippen molar-refractivity contribution >= 4 is 40.5 Å². The van der Waals surface area contributed by atoms with Crippen LogP contribution in [0.5, 0.6) is 0 Å². The lowest BCUT2D eigenvalue weighted by Gasteiger charge is -2.33. The van der Waals surface area contributed by atoms with Crippen molar-refractivity contribution in [1.82, 2.24) is 4.98 Å². The van der Waals surface area contributed by atoms with Gasteiger partial charge in [0.2, 0.25) is 11.7 Å². The molecular formula is C26H29N3O5S. The highest BCUT2D eigenvalue weighted by atomic mass is 32.1. The Kier molecular flexibility index (Phi) is 7.35. The number of carbonyl (C=O) groups is 3. The van der Waals surface area contributed by atoms with Crippen LogP contribution in [0.1, 0.15) is 66.7 Å². The number of amides is 2. The maximum atomic E-state index is 13.5. The predicted molar refractivity (Wildman–Crippen MR) is 135 cm³/mol. The number of aromatic carboxylic acids is 1. The number of hydrogen-bond acceptors (Lipinski definition) is 6. The number of rotatable bonds is 7. The molecule has 0 spiro atoms. The summed E-state index contributed by atoms with van der Waals surface area (Å²) in [4.78, 5) is 44.1. The molecule has 184 valence electrons. The topological polar surface area (TPSA) is 113 Å². The molecule has 0 atom stereocenters. The van der Waals surface area contributed by atoms with E-state index in [2.05, 4.69) is 17.2 Å². The van der Waals surface area contributed by atoms with E-state index in [0.29, 0.717) is 17.3 Å². The van der Waals surface area contributed by atoms with E-state index in [4.69, 9.17) is 4.42 Å². The Bertz CT molecular complexity index is 1190. The van der Waals surface area contributed by atoms with Crippen molar-refractivity contribution < 1.29 is 23.9 Å². The third-order valence-electron chi connectivity index (χ3n) is 6.37. The Morgan fingerprint density at radius 3 is 2.40 bits per heavy atom. The van der Waals surface area contributed by atoms with Crippen molar-refractivity contribution in [2.24, 2.45) is 11.8 Å². The van der Waals surface area contributed by atoms with E-state index in [0.717, 1.165) is 47.5 Å². The van der Waals surface area contributed by atoms with Gasteiger partial charge < -0.3 is 19.7 Å². The fraction of sp³-hybridized carbons (Fsp3) is 0.385. The van der Waals surface area contributed by atoms with Gasteiger partial charge >= 0.3 is 5.97 Å². The molecule has 2 heterocycles. The van der Waals surface area contributed by atoms with Crippen molar-refractivity contribution in [3.63, 3.8) is 0 Å². The maximum Gasteiger partial charge on any atom is 0.348 e. The second-order valence-corrected chi connectivity index (χ2v) is 10.3. The third kappa shape index (κ3) is 5.45. The van der Waals surface area contributed by atoms with Gasteiger partial charge in [-0.3, -0.25) is 9.59 Å². The molecule has 0 unspecified atom stereocenters. The zero-order valence-electron chi connectivity index (χ0n) is 20.0. The van der Waals surface area contributed by atoms with Crippen LogP contribution in [0.3, 0.4) is 0 Å². The van der Waals surface area contributed by atoms with Crippen LogP contribution in [-0.2, 0) is 4.79 Å². The van der Waals surface area contributed by atoms with Gasteiger partial charge in [0.15, 0.2) is 6.39 Å². The Labute approximate surface area is 208 Å². The fourth-order valence-corrected chi connectivity index (χ4v) is 5.44. The summed E-state index contributed by atoms with van der Waals surface area (Å²) in [6, 6.07) is 8.70. The van der Waals surface area contributed by atoms with E-state index >= 15 is 0 Å². The first kappa shape index (κ1) is 24.7. The van der Waals surface area contributed by atoms with Crippen LogP contribution in [0.25, 0.3) is 10.4 Å². The lowest BCUT2D eigenvalue weighted by Crippen LogP contribution is -2.42. The van der Waals surface area contributed by atoms with Crippen molar-refractivity contribution in [3.05, 3.63) is 53.6 Å². The van der Waals surface area contributed by atoms with E-state index in [1.807, 2.05) is 13.8 Å². The van der Waals surface area contributed by atoms with E-state index in [-0.39, 0.29) is 28.5 Å². The summed E-state index contributed by atoms with van der Waals surface area (Å²) in [5.74, 6) is -0.811. The number of hydrogen-bond donors (Lipinski definition) is 2. The Hall–Kier alpha value is -3.46. The number of nitrogens with one attached hydrogen (secondary N) is 1. The molecule has 0 aliphatic heterocycles. The molecule has 0 radical (unpaired) electrons. The summed E-state index contributed by atoms with van der Waals surface area (Å²) in [5, 5.41) is 12.7. The molecule has 1 aliphatic rings. The number of aromatic nitrogens is 1. The molecule has 8 nitrogen and oxygen atoms in total. The normalized spacial score (nSPS) is 17.8. The van der Waals surface area contributed by atoms with Crippen LogP contribution in [-0.4, -0.2) is 33.9 Å². The molecule has 1 aromatic carbocycles. The molecule has 1 saturated carbocycles. The molecule has 9 heteroatoms. The van der Waals surface area contributed by atoms with Gasteiger partial charge in [0.05, 0.1) is 11.9 Å². The Balaban J connectivity index is 1.59. The number of carbonyl (C=O) groups excluding carboxylic acids is 2. The maximum absolute atomic E-state index is 13.5. The summed E-state index contributed by atoms with van der Waals surface area (Å²) in [5.41, 5.74) is 1.80. The molecule has 1 fully saturated rings. The third-order valence-corrected chi connectivity index (χ3v) is 7.53. The van der Waals surface area contributed by atoms with Gasteiger partial charge in [-0.25, -0.2) is 9.78 Å². The van der Waals surface area contributed by atoms with Gasteiger partial charge in [-0.2, -0.15) is 0 Å². The summed E-state index contributed by atoms with van der Waals surface area (Å²) < 4.78 is 5.00. The van der Waals surface area contributed by atoms with Gasteiger partial charge in [-0.15, -0.1) is 11.3 Å². The standard InChI is InChI=1S/C26H29N3O5S/c1-15(2)29(25(31)18-6-4-16(3)5-7-18)20-12-22(35-23(20)26(32)33)17-8-10-19(11-9-17)28-24(30)21-13-27-14-34-21/h8-16,18H,4-7H2,1-3H3,(H,28,30)(H,32,33). The van der Waals surface area contributed by atoms with Crippen LogP contribution >= 0.6 is 11.3 Å². The molecule has 3 aromatic rings. The average molecular weight is 496 g/mol. The van der Waals surface area contributed by atoms with Crippen LogP contribution in [0, 0.1) is 11.8 Å². The van der Waals surface area contributed by atoms with Crippen LogP contribution in [0.15, 0.2) is 47.3 Å². The second kappa shape index (κ2) is 10.4. The summed E-state index contributed by atoms with van der Waals surface area (Å²) in [7, 11) is 0. The largest absolute Gasteiger partial charge is 0.477 e. The Morgan fingerprint density at radius 2 is 1.83 bits per heavy atom. The van der Waals surface area contributed by atoms with Gasteiger partial charge in [-0.1, -0.05) is 19.1 Å². The van der Waals surface area contributed by atoms with Crippen LogP contribution in [0.2, 0.25) is 0 Å². The molecule has 2 amide bonds. The smallest absolute Gasteiger partial charge is 0.348 e. The van der Waals surface area contributed by atoms with Gasteiger partial charge in [-0.05, 0) is 69.2 Å². The fourth-order valence-electron chi connectivity index (χ4n) is 4.45. The van der Waals surface area contributed by atoms with Crippen LogP contribution < -0.4 is 10.2 Å². The second-order valence-electron chi connectivity index (χ2n) is 9.29. The quantitative estimate of drug-likeness (QED) is 0.421. The molecular weight excluding hydrogens is 466 g/mol. The number of oxazole rings is 1. The highest BCUT2D eigenvalue weighted by Gasteiger charge is 2.33. The zero-order chi connectivity index (χ0) is 25.1. The first-order chi connectivity index (χ1) is 16.7. The number of benzene rings is 1. The molecule has 0 saturated heterocycles. The van der Waals surface area contributed by atoms with Crippen molar-refractivity contribution in [3.8, 4) is 10.4 Å². The zero-order valence-corrected chi connectivity index (χ0v) is 20.8. The van der Waals surface area contributed by atoms with Crippen molar-refractivity contribution in [1.29, 1.82) is 0 Å². The van der Waals surface area contributed by atoms with Crippen molar-refractivity contribution in [2.75, 3.05) is 10.2 Å². The predicted octanol–water partition coefficient (Wildman–Crippen LogP) is 5.92. The minimum atomic E-state index is -1.05. The molecule has 2 aromatic heterocycles. The lowest BCUT2D eigenvalue weighted by atomic mass is 9.82. The summed E-state index contributed by atoms with van der Waals surface area (Å²) in [6.07, 6.45) is 6.23. The lowest BCUT2D eigenvalue weighted by molar-refractivity contribution is -0.123. The number of thiophene rings is 1. The average Bonchev–Trinajstić information content (AvgIpc) is 3.51. The molecule has 4 rings (SSSR count). The van der Waals surface area contributed by atoms with E-state index in [1.54, 1.807) is 35.2 Å². The van der Waals surface area contributed by atoms with Gasteiger partial charge in [0, 0.05) is 22.5 Å².